The molecule has 0 fully saturated rings. The Morgan fingerprint density at radius 3 is 2.50 bits per heavy atom. The molecule has 0 radical (unpaired) electrons. The number of nitrogens with zero attached hydrogens (tertiary/aromatic N) is 2. The van der Waals surface area contributed by atoms with E-state index in [0.29, 0.717) is 18.7 Å². The average molecular weight is 402 g/mol. The van der Waals surface area contributed by atoms with Crippen molar-refractivity contribution in [3.05, 3.63) is 71.2 Å². The van der Waals surface area contributed by atoms with Crippen LogP contribution in [0.1, 0.15) is 25.0 Å². The molecular weight excluding hydrogens is 383 g/mol. The Morgan fingerprint density at radius 1 is 1.11 bits per heavy atom. The molecule has 0 bridgehead atoms. The molecule has 0 unspecified atom stereocenters. The molecular formula is C20H19FN2O4S. The number of benzene rings is 2. The van der Waals surface area contributed by atoms with Gasteiger partial charge in [0.1, 0.15) is 5.82 Å². The number of sulfonamides is 1. The van der Waals surface area contributed by atoms with Crippen molar-refractivity contribution in [3.63, 3.8) is 0 Å². The highest BCUT2D eigenvalue weighted by atomic mass is 32.2. The van der Waals surface area contributed by atoms with Gasteiger partial charge in [-0.15, -0.1) is 0 Å². The van der Waals surface area contributed by atoms with Gasteiger partial charge >= 0.3 is 5.97 Å². The smallest absolute Gasteiger partial charge is 0.363 e. The highest BCUT2D eigenvalue weighted by molar-refractivity contribution is 7.89. The van der Waals surface area contributed by atoms with Gasteiger partial charge in [-0.1, -0.05) is 38.1 Å². The van der Waals surface area contributed by atoms with E-state index >= 15 is 0 Å². The average Bonchev–Trinajstić information content (AvgIpc) is 3.05. The molecule has 0 amide bonds. The summed E-state index contributed by atoms with van der Waals surface area (Å²) in [5.41, 5.74) is 0.493. The Hall–Kier alpha value is -2.84. The van der Waals surface area contributed by atoms with E-state index in [-0.39, 0.29) is 22.1 Å². The lowest BCUT2D eigenvalue weighted by molar-refractivity contribution is -0.129. The minimum Gasteiger partial charge on any atom is -0.402 e. The maximum absolute atomic E-state index is 13.8. The van der Waals surface area contributed by atoms with E-state index in [2.05, 4.69) is 4.99 Å². The number of carbonyl (C=O) groups is 1. The van der Waals surface area contributed by atoms with Gasteiger partial charge in [-0.05, 0) is 30.3 Å². The van der Waals surface area contributed by atoms with Gasteiger partial charge in [0.25, 0.3) is 0 Å². The van der Waals surface area contributed by atoms with Crippen LogP contribution < -0.4 is 0 Å². The van der Waals surface area contributed by atoms with Crippen molar-refractivity contribution in [2.45, 2.75) is 18.7 Å². The summed E-state index contributed by atoms with van der Waals surface area (Å²) in [6.07, 6.45) is 1.29. The number of ether oxygens (including phenoxy) is 1. The normalized spacial score (nSPS) is 15.8. The summed E-state index contributed by atoms with van der Waals surface area (Å²) in [4.78, 5) is 16.3. The van der Waals surface area contributed by atoms with Crippen LogP contribution in [0.4, 0.5) is 4.39 Å². The molecule has 146 valence electrons. The summed E-state index contributed by atoms with van der Waals surface area (Å²) in [7, 11) is -3.66. The predicted octanol–water partition coefficient (Wildman–Crippen LogP) is 3.20. The van der Waals surface area contributed by atoms with Gasteiger partial charge in [0, 0.05) is 24.2 Å². The minimum atomic E-state index is -3.66. The molecule has 28 heavy (non-hydrogen) atoms. The zero-order chi connectivity index (χ0) is 20.3. The van der Waals surface area contributed by atoms with Gasteiger partial charge in [0.2, 0.25) is 15.9 Å². The number of carbonyl (C=O) groups excluding carboxylic acids is 1. The molecule has 0 saturated carbocycles. The van der Waals surface area contributed by atoms with E-state index in [4.69, 9.17) is 4.74 Å². The first-order chi connectivity index (χ1) is 13.4. The molecule has 0 aliphatic carbocycles. The number of rotatable bonds is 6. The molecule has 6 nitrogen and oxygen atoms in total. The van der Waals surface area contributed by atoms with Gasteiger partial charge in [0.05, 0.1) is 4.90 Å². The van der Waals surface area contributed by atoms with Crippen molar-refractivity contribution >= 4 is 28.0 Å². The van der Waals surface area contributed by atoms with Crippen LogP contribution in [0.3, 0.4) is 0 Å². The van der Waals surface area contributed by atoms with E-state index in [0.717, 1.165) is 0 Å². The standard InChI is InChI=1S/C20H19FN2O4S/c1-3-23(4-2)28(25,26)16-10-7-9-15(12-16)19-22-18(20(24)27-19)13-14-8-5-6-11-17(14)21/h5-13H,3-4H2,1-2H3/b18-13+. The molecule has 0 saturated heterocycles. The van der Waals surface area contributed by atoms with Crippen molar-refractivity contribution in [2.75, 3.05) is 13.1 Å². The fourth-order valence-electron chi connectivity index (χ4n) is 2.77. The van der Waals surface area contributed by atoms with Crippen molar-refractivity contribution in [3.8, 4) is 0 Å². The fourth-order valence-corrected chi connectivity index (χ4v) is 4.28. The van der Waals surface area contributed by atoms with E-state index < -0.39 is 21.8 Å². The van der Waals surface area contributed by atoms with Crippen molar-refractivity contribution in [1.82, 2.24) is 4.31 Å². The van der Waals surface area contributed by atoms with Gasteiger partial charge in [-0.25, -0.2) is 22.6 Å². The number of hydrogen-bond donors (Lipinski definition) is 0. The van der Waals surface area contributed by atoms with Gasteiger partial charge in [0.15, 0.2) is 5.70 Å². The first kappa shape index (κ1) is 19.9. The largest absolute Gasteiger partial charge is 0.402 e. The maximum Gasteiger partial charge on any atom is 0.363 e. The summed E-state index contributed by atoms with van der Waals surface area (Å²) >= 11 is 0. The van der Waals surface area contributed by atoms with Gasteiger partial charge in [-0.3, -0.25) is 0 Å². The lowest BCUT2D eigenvalue weighted by atomic mass is 10.2. The van der Waals surface area contributed by atoms with Crippen LogP contribution in [0, 0.1) is 5.82 Å². The molecule has 0 aromatic heterocycles. The summed E-state index contributed by atoms with van der Waals surface area (Å²) in [6, 6.07) is 12.0. The number of hydrogen-bond acceptors (Lipinski definition) is 5. The summed E-state index contributed by atoms with van der Waals surface area (Å²) in [5, 5.41) is 0. The molecule has 2 aromatic rings. The Kier molecular flexibility index (Phi) is 5.71. The SMILES string of the molecule is CCN(CC)S(=O)(=O)c1cccc(C2=N/C(=C/c3ccccc3F)C(=O)O2)c1. The first-order valence-electron chi connectivity index (χ1n) is 8.74. The van der Waals surface area contributed by atoms with Crippen LogP contribution >= 0.6 is 0 Å². The fraction of sp³-hybridized carbons (Fsp3) is 0.200. The molecule has 1 heterocycles. The zero-order valence-electron chi connectivity index (χ0n) is 15.4. The summed E-state index contributed by atoms with van der Waals surface area (Å²) < 4.78 is 45.7. The van der Waals surface area contributed by atoms with Crippen molar-refractivity contribution < 1.29 is 22.3 Å². The lowest BCUT2D eigenvalue weighted by Crippen LogP contribution is -2.30. The van der Waals surface area contributed by atoms with Crippen LogP contribution in [-0.2, 0) is 19.6 Å². The number of cyclic esters (lactones) is 1. The van der Waals surface area contributed by atoms with Crippen molar-refractivity contribution in [2.24, 2.45) is 4.99 Å². The third-order valence-electron chi connectivity index (χ3n) is 4.24. The molecule has 0 N–H and O–H groups in total. The van der Waals surface area contributed by atoms with E-state index in [9.17, 15) is 17.6 Å². The second-order valence-electron chi connectivity index (χ2n) is 5.97. The van der Waals surface area contributed by atoms with E-state index in [1.54, 1.807) is 38.1 Å². The number of aliphatic imine (C=N–C) groups is 1. The molecule has 8 heteroatoms. The van der Waals surface area contributed by atoms with Crippen molar-refractivity contribution in [1.29, 1.82) is 0 Å². The van der Waals surface area contributed by atoms with Crippen LogP contribution in [-0.4, -0.2) is 37.7 Å². The quantitative estimate of drug-likeness (QED) is 0.549. The molecule has 1 aliphatic heterocycles. The molecule has 0 spiro atoms. The first-order valence-corrected chi connectivity index (χ1v) is 10.2. The second-order valence-corrected chi connectivity index (χ2v) is 7.91. The second kappa shape index (κ2) is 8.04. The van der Waals surface area contributed by atoms with E-state index in [1.165, 1.54) is 34.6 Å². The number of esters is 1. The molecule has 2 aromatic carbocycles. The van der Waals surface area contributed by atoms with Crippen LogP contribution in [0.5, 0.6) is 0 Å². The molecule has 3 rings (SSSR count). The van der Waals surface area contributed by atoms with Crippen LogP contribution in [0.15, 0.2) is 64.1 Å². The Labute approximate surface area is 163 Å². The Bertz CT molecular complexity index is 1070. The number of halogens is 1. The third-order valence-corrected chi connectivity index (χ3v) is 6.29. The van der Waals surface area contributed by atoms with Crippen LogP contribution in [0.2, 0.25) is 0 Å². The lowest BCUT2D eigenvalue weighted by Gasteiger charge is -2.18. The van der Waals surface area contributed by atoms with Gasteiger partial charge < -0.3 is 4.74 Å². The van der Waals surface area contributed by atoms with E-state index in [1.807, 2.05) is 0 Å². The Morgan fingerprint density at radius 2 is 1.82 bits per heavy atom. The molecule has 1 aliphatic rings. The summed E-state index contributed by atoms with van der Waals surface area (Å²) in [5.74, 6) is -1.24. The highest BCUT2D eigenvalue weighted by Crippen LogP contribution is 2.23. The highest BCUT2D eigenvalue weighted by Gasteiger charge is 2.27. The maximum atomic E-state index is 13.8. The monoisotopic (exact) mass is 402 g/mol. The van der Waals surface area contributed by atoms with Crippen LogP contribution in [0.25, 0.3) is 6.08 Å². The topological polar surface area (TPSA) is 76.0 Å². The Balaban J connectivity index is 1.97. The third kappa shape index (κ3) is 3.88. The molecule has 0 atom stereocenters. The predicted molar refractivity (Wildman–Crippen MR) is 104 cm³/mol. The van der Waals surface area contributed by atoms with Gasteiger partial charge in [-0.2, -0.15) is 4.31 Å². The summed E-state index contributed by atoms with van der Waals surface area (Å²) in [6.45, 7) is 4.20. The minimum absolute atomic E-state index is 0.0239. The zero-order valence-corrected chi connectivity index (χ0v) is 16.2.